The molecule has 0 radical (unpaired) electrons. The van der Waals surface area contributed by atoms with Crippen LogP contribution >= 0.6 is 27.7 Å². The summed E-state index contributed by atoms with van der Waals surface area (Å²) in [7, 11) is 0. The van der Waals surface area contributed by atoms with E-state index >= 15 is 0 Å². The van der Waals surface area contributed by atoms with Crippen LogP contribution in [-0.2, 0) is 4.79 Å². The fourth-order valence-electron chi connectivity index (χ4n) is 3.41. The Kier molecular flexibility index (Phi) is 7.61. The lowest BCUT2D eigenvalue weighted by Crippen LogP contribution is -2.55. The van der Waals surface area contributed by atoms with Gasteiger partial charge in [0, 0.05) is 37.2 Å². The fraction of sp³-hybridized carbons (Fsp3) is 0.600. The molecule has 1 aliphatic carbocycles. The maximum atomic E-state index is 13.1. The number of halogens is 1. The first-order chi connectivity index (χ1) is 13.1. The molecule has 1 heterocycles. The maximum Gasteiger partial charge on any atom is 0.253 e. The number of carbonyl (C=O) groups is 2. The summed E-state index contributed by atoms with van der Waals surface area (Å²) in [5, 5.41) is 2.97. The van der Waals surface area contributed by atoms with Crippen LogP contribution in [0.25, 0.3) is 0 Å². The minimum atomic E-state index is -0.466. The molecule has 5 nitrogen and oxygen atoms in total. The molecule has 2 fully saturated rings. The smallest absolute Gasteiger partial charge is 0.253 e. The molecule has 2 aliphatic rings. The molecule has 1 atom stereocenters. The highest BCUT2D eigenvalue weighted by molar-refractivity contribution is 9.10. The molecule has 2 amide bonds. The molecule has 1 aromatic rings. The SMILES string of the molecule is CSCCC(NC(=O)c1ccccc1Br)C(=O)N1CCN(CC2CC2)CC1. The largest absolute Gasteiger partial charge is 0.340 e. The van der Waals surface area contributed by atoms with E-state index in [-0.39, 0.29) is 11.8 Å². The predicted molar refractivity (Wildman–Crippen MR) is 114 cm³/mol. The van der Waals surface area contributed by atoms with Crippen molar-refractivity contribution >= 4 is 39.5 Å². The van der Waals surface area contributed by atoms with E-state index in [9.17, 15) is 9.59 Å². The van der Waals surface area contributed by atoms with Gasteiger partial charge in [-0.15, -0.1) is 0 Å². The standard InChI is InChI=1S/C20H28BrN3O2S/c1-27-13-8-18(22-19(25)16-4-2-3-5-17(16)21)20(26)24-11-9-23(10-12-24)14-15-6-7-15/h2-5,15,18H,6-14H2,1H3,(H,22,25). The first kappa shape index (κ1) is 20.7. The number of rotatable bonds is 8. The number of hydrogen-bond donors (Lipinski definition) is 1. The van der Waals surface area contributed by atoms with Crippen LogP contribution in [0.5, 0.6) is 0 Å². The number of thioether (sulfide) groups is 1. The normalized spacial score (nSPS) is 19.0. The molecule has 3 rings (SSSR count). The van der Waals surface area contributed by atoms with Crippen LogP contribution in [0.1, 0.15) is 29.6 Å². The molecule has 1 saturated heterocycles. The Morgan fingerprint density at radius 1 is 1.22 bits per heavy atom. The molecule has 0 spiro atoms. The number of nitrogens with zero attached hydrogens (tertiary/aromatic N) is 2. The summed E-state index contributed by atoms with van der Waals surface area (Å²) in [4.78, 5) is 30.1. The van der Waals surface area contributed by atoms with E-state index in [2.05, 4.69) is 26.1 Å². The minimum absolute atomic E-state index is 0.0514. The zero-order valence-electron chi connectivity index (χ0n) is 15.8. The van der Waals surface area contributed by atoms with Crippen molar-refractivity contribution in [1.29, 1.82) is 0 Å². The second kappa shape index (κ2) is 9.94. The van der Waals surface area contributed by atoms with E-state index in [0.717, 1.165) is 42.3 Å². The van der Waals surface area contributed by atoms with Gasteiger partial charge in [0.15, 0.2) is 0 Å². The first-order valence-electron chi connectivity index (χ1n) is 9.64. The van der Waals surface area contributed by atoms with Crippen molar-refractivity contribution in [1.82, 2.24) is 15.1 Å². The van der Waals surface area contributed by atoms with Gasteiger partial charge in [-0.2, -0.15) is 11.8 Å². The van der Waals surface area contributed by atoms with Gasteiger partial charge in [0.1, 0.15) is 6.04 Å². The van der Waals surface area contributed by atoms with E-state index in [1.807, 2.05) is 29.4 Å². The van der Waals surface area contributed by atoms with Crippen molar-refractivity contribution in [3.8, 4) is 0 Å². The van der Waals surface area contributed by atoms with E-state index < -0.39 is 6.04 Å². The van der Waals surface area contributed by atoms with Crippen LogP contribution in [-0.4, -0.2) is 72.4 Å². The molecule has 27 heavy (non-hydrogen) atoms. The molecule has 1 aromatic carbocycles. The number of benzene rings is 1. The number of piperazine rings is 1. The summed E-state index contributed by atoms with van der Waals surface area (Å²) < 4.78 is 0.743. The monoisotopic (exact) mass is 453 g/mol. The lowest BCUT2D eigenvalue weighted by atomic mass is 10.1. The van der Waals surface area contributed by atoms with Gasteiger partial charge in [0.2, 0.25) is 5.91 Å². The van der Waals surface area contributed by atoms with E-state index in [0.29, 0.717) is 12.0 Å². The van der Waals surface area contributed by atoms with Crippen LogP contribution in [0.3, 0.4) is 0 Å². The van der Waals surface area contributed by atoms with Crippen LogP contribution < -0.4 is 5.32 Å². The number of carbonyl (C=O) groups excluding carboxylic acids is 2. The third-order valence-corrected chi connectivity index (χ3v) is 6.57. The van der Waals surface area contributed by atoms with Gasteiger partial charge < -0.3 is 10.2 Å². The van der Waals surface area contributed by atoms with Crippen molar-refractivity contribution < 1.29 is 9.59 Å². The molecule has 1 aliphatic heterocycles. The van der Waals surface area contributed by atoms with Gasteiger partial charge in [0.05, 0.1) is 5.56 Å². The molecule has 7 heteroatoms. The lowest BCUT2D eigenvalue weighted by molar-refractivity contribution is -0.135. The number of nitrogens with one attached hydrogen (secondary N) is 1. The molecule has 1 unspecified atom stereocenters. The Morgan fingerprint density at radius 2 is 1.93 bits per heavy atom. The lowest BCUT2D eigenvalue weighted by Gasteiger charge is -2.36. The fourth-order valence-corrected chi connectivity index (χ4v) is 4.35. The summed E-state index contributed by atoms with van der Waals surface area (Å²) in [6.45, 7) is 4.57. The highest BCUT2D eigenvalue weighted by Crippen LogP contribution is 2.30. The van der Waals surface area contributed by atoms with Gasteiger partial charge in [-0.3, -0.25) is 14.5 Å². The molecule has 148 valence electrons. The summed E-state index contributed by atoms with van der Waals surface area (Å²) in [6.07, 6.45) is 5.39. The van der Waals surface area contributed by atoms with E-state index in [1.54, 1.807) is 17.8 Å². The minimum Gasteiger partial charge on any atom is -0.340 e. The highest BCUT2D eigenvalue weighted by atomic mass is 79.9. The maximum absolute atomic E-state index is 13.1. The first-order valence-corrected chi connectivity index (χ1v) is 11.8. The van der Waals surface area contributed by atoms with Crippen molar-refractivity contribution in [2.45, 2.75) is 25.3 Å². The van der Waals surface area contributed by atoms with Crippen LogP contribution in [0, 0.1) is 5.92 Å². The van der Waals surface area contributed by atoms with Gasteiger partial charge in [-0.25, -0.2) is 0 Å². The van der Waals surface area contributed by atoms with E-state index in [1.165, 1.54) is 19.4 Å². The summed E-state index contributed by atoms with van der Waals surface area (Å²) >= 11 is 5.11. The Hall–Kier alpha value is -1.05. The van der Waals surface area contributed by atoms with Crippen molar-refractivity contribution in [3.05, 3.63) is 34.3 Å². The van der Waals surface area contributed by atoms with Crippen LogP contribution in [0.2, 0.25) is 0 Å². The Bertz CT molecular complexity index is 660. The quantitative estimate of drug-likeness (QED) is 0.657. The third kappa shape index (κ3) is 5.96. The average molecular weight is 454 g/mol. The van der Waals surface area contributed by atoms with E-state index in [4.69, 9.17) is 0 Å². The molecule has 0 bridgehead atoms. The zero-order chi connectivity index (χ0) is 19.2. The van der Waals surface area contributed by atoms with Crippen molar-refractivity contribution in [2.24, 2.45) is 5.92 Å². The molecule has 1 N–H and O–H groups in total. The Balaban J connectivity index is 1.58. The van der Waals surface area contributed by atoms with Crippen molar-refractivity contribution in [3.63, 3.8) is 0 Å². The highest BCUT2D eigenvalue weighted by Gasteiger charge is 2.31. The number of hydrogen-bond acceptors (Lipinski definition) is 4. The van der Waals surface area contributed by atoms with Gasteiger partial charge in [-0.1, -0.05) is 12.1 Å². The third-order valence-electron chi connectivity index (χ3n) is 5.23. The second-order valence-corrected chi connectivity index (χ2v) is 9.20. The predicted octanol–water partition coefficient (Wildman–Crippen LogP) is 2.85. The van der Waals surface area contributed by atoms with Gasteiger partial charge >= 0.3 is 0 Å². The van der Waals surface area contributed by atoms with Gasteiger partial charge in [0.25, 0.3) is 5.91 Å². The molecule has 1 saturated carbocycles. The summed E-state index contributed by atoms with van der Waals surface area (Å²) in [5.74, 6) is 1.57. The topological polar surface area (TPSA) is 52.7 Å². The molecular weight excluding hydrogens is 426 g/mol. The zero-order valence-corrected chi connectivity index (χ0v) is 18.2. The van der Waals surface area contributed by atoms with Crippen LogP contribution in [0.15, 0.2) is 28.7 Å². The second-order valence-electron chi connectivity index (χ2n) is 7.36. The number of amides is 2. The Morgan fingerprint density at radius 3 is 2.56 bits per heavy atom. The summed E-state index contributed by atoms with van der Waals surface area (Å²) in [6, 6.07) is 6.85. The average Bonchev–Trinajstić information content (AvgIpc) is 3.49. The van der Waals surface area contributed by atoms with Crippen molar-refractivity contribution in [2.75, 3.05) is 44.7 Å². The Labute approximate surface area is 174 Å². The van der Waals surface area contributed by atoms with Gasteiger partial charge in [-0.05, 0) is 65.3 Å². The van der Waals surface area contributed by atoms with Crippen LogP contribution in [0.4, 0.5) is 0 Å². The summed E-state index contributed by atoms with van der Waals surface area (Å²) in [5.41, 5.74) is 0.564. The molecular formula is C20H28BrN3O2S. The molecule has 0 aromatic heterocycles.